The van der Waals surface area contributed by atoms with E-state index in [1.54, 1.807) is 19.1 Å². The van der Waals surface area contributed by atoms with E-state index in [4.69, 9.17) is 4.74 Å². The number of nitrogens with zero attached hydrogens (tertiary/aromatic N) is 1. The zero-order valence-corrected chi connectivity index (χ0v) is 8.96. The number of hydrogen-bond donors (Lipinski definition) is 1. The van der Waals surface area contributed by atoms with E-state index in [0.717, 1.165) is 6.54 Å². The third-order valence-corrected chi connectivity index (χ3v) is 1.98. The number of nitrogens with one attached hydrogen (secondary N) is 1. The first kappa shape index (κ1) is 12.4. The molecule has 13 heavy (non-hydrogen) atoms. The largest absolute Gasteiger partial charge is 0.383 e. The lowest BCUT2D eigenvalue weighted by Gasteiger charge is -2.20. The molecule has 78 valence electrons. The van der Waals surface area contributed by atoms with Crippen LogP contribution in [0.4, 0.5) is 0 Å². The van der Waals surface area contributed by atoms with Gasteiger partial charge in [0, 0.05) is 27.2 Å². The number of carbonyl (C=O) groups is 1. The van der Waals surface area contributed by atoms with Crippen LogP contribution in [-0.2, 0) is 9.53 Å². The number of ether oxygens (including phenoxy) is 1. The normalized spacial score (nSPS) is 12.6. The van der Waals surface area contributed by atoms with Gasteiger partial charge in [0.1, 0.15) is 0 Å². The van der Waals surface area contributed by atoms with Gasteiger partial charge in [-0.05, 0) is 13.8 Å². The molecule has 0 aliphatic carbocycles. The Morgan fingerprint density at radius 1 is 1.62 bits per heavy atom. The molecule has 0 aromatic rings. The first-order valence-corrected chi connectivity index (χ1v) is 4.60. The molecule has 1 unspecified atom stereocenters. The van der Waals surface area contributed by atoms with Gasteiger partial charge < -0.3 is 15.0 Å². The molecule has 1 amide bonds. The number of likely N-dealkylation sites (N-methyl/N-ethyl adjacent to an activating group) is 1. The minimum absolute atomic E-state index is 0.124. The van der Waals surface area contributed by atoms with Crippen LogP contribution in [0.2, 0.25) is 0 Å². The molecule has 0 radical (unpaired) electrons. The van der Waals surface area contributed by atoms with Crippen molar-refractivity contribution in [2.75, 3.05) is 33.9 Å². The molecule has 4 heteroatoms. The van der Waals surface area contributed by atoms with Gasteiger partial charge in [0.15, 0.2) is 0 Å². The lowest BCUT2D eigenvalue weighted by atomic mass is 10.3. The standard InChI is InChI=1S/C9H20N2O2/c1-5-11(3)9(12)8(2)10-6-7-13-4/h8,10H,5-7H2,1-4H3. The quantitative estimate of drug-likeness (QED) is 0.601. The predicted octanol–water partition coefficient (Wildman–Crippen LogP) is 0.0892. The number of amides is 1. The van der Waals surface area contributed by atoms with Crippen LogP contribution in [-0.4, -0.2) is 50.7 Å². The van der Waals surface area contributed by atoms with Gasteiger partial charge >= 0.3 is 0 Å². The Hall–Kier alpha value is -0.610. The van der Waals surface area contributed by atoms with Gasteiger partial charge in [-0.25, -0.2) is 0 Å². The van der Waals surface area contributed by atoms with Crippen molar-refractivity contribution in [3.8, 4) is 0 Å². The predicted molar refractivity (Wildman–Crippen MR) is 52.7 cm³/mol. The smallest absolute Gasteiger partial charge is 0.239 e. The van der Waals surface area contributed by atoms with Gasteiger partial charge in [-0.2, -0.15) is 0 Å². The van der Waals surface area contributed by atoms with Crippen LogP contribution in [0.3, 0.4) is 0 Å². The highest BCUT2D eigenvalue weighted by molar-refractivity contribution is 5.81. The number of methoxy groups -OCH3 is 1. The van der Waals surface area contributed by atoms with E-state index in [9.17, 15) is 4.79 Å². The zero-order chi connectivity index (χ0) is 10.3. The van der Waals surface area contributed by atoms with Crippen LogP contribution in [0.1, 0.15) is 13.8 Å². The van der Waals surface area contributed by atoms with Crippen molar-refractivity contribution < 1.29 is 9.53 Å². The molecule has 0 saturated heterocycles. The fraction of sp³-hybridized carbons (Fsp3) is 0.889. The maximum Gasteiger partial charge on any atom is 0.239 e. The lowest BCUT2D eigenvalue weighted by molar-refractivity contribution is -0.131. The minimum atomic E-state index is -0.125. The van der Waals surface area contributed by atoms with Crippen LogP contribution in [0.15, 0.2) is 0 Å². The van der Waals surface area contributed by atoms with Crippen LogP contribution >= 0.6 is 0 Å². The fourth-order valence-electron chi connectivity index (χ4n) is 0.951. The summed E-state index contributed by atoms with van der Waals surface area (Å²) in [6, 6.07) is -0.125. The fourth-order valence-corrected chi connectivity index (χ4v) is 0.951. The van der Waals surface area contributed by atoms with Crippen molar-refractivity contribution in [1.82, 2.24) is 10.2 Å². The maximum absolute atomic E-state index is 11.5. The van der Waals surface area contributed by atoms with Crippen molar-refractivity contribution in [3.63, 3.8) is 0 Å². The van der Waals surface area contributed by atoms with E-state index >= 15 is 0 Å². The van der Waals surface area contributed by atoms with Crippen LogP contribution in [0.25, 0.3) is 0 Å². The molecule has 1 N–H and O–H groups in total. The highest BCUT2D eigenvalue weighted by Crippen LogP contribution is 1.90. The van der Waals surface area contributed by atoms with E-state index < -0.39 is 0 Å². The summed E-state index contributed by atoms with van der Waals surface area (Å²) in [7, 11) is 3.45. The van der Waals surface area contributed by atoms with Crippen LogP contribution < -0.4 is 5.32 Å². The van der Waals surface area contributed by atoms with Crippen LogP contribution in [0, 0.1) is 0 Å². The second kappa shape index (κ2) is 6.86. The summed E-state index contributed by atoms with van der Waals surface area (Å²) in [6.45, 7) is 5.91. The van der Waals surface area contributed by atoms with Crippen molar-refractivity contribution in [3.05, 3.63) is 0 Å². The first-order chi connectivity index (χ1) is 6.13. The molecular weight excluding hydrogens is 168 g/mol. The highest BCUT2D eigenvalue weighted by atomic mass is 16.5. The molecule has 0 bridgehead atoms. The Labute approximate surface area is 80.2 Å². The lowest BCUT2D eigenvalue weighted by Crippen LogP contribution is -2.43. The molecule has 0 aliphatic heterocycles. The van der Waals surface area contributed by atoms with Crippen molar-refractivity contribution >= 4 is 5.91 Å². The Bertz CT molecular complexity index is 151. The Morgan fingerprint density at radius 3 is 2.69 bits per heavy atom. The Morgan fingerprint density at radius 2 is 2.23 bits per heavy atom. The van der Waals surface area contributed by atoms with E-state index in [-0.39, 0.29) is 11.9 Å². The highest BCUT2D eigenvalue weighted by Gasteiger charge is 2.14. The first-order valence-electron chi connectivity index (χ1n) is 4.60. The molecule has 0 saturated carbocycles. The van der Waals surface area contributed by atoms with Crippen molar-refractivity contribution in [2.24, 2.45) is 0 Å². The van der Waals surface area contributed by atoms with Gasteiger partial charge in [-0.3, -0.25) is 4.79 Å². The maximum atomic E-state index is 11.5. The van der Waals surface area contributed by atoms with E-state index in [2.05, 4.69) is 5.32 Å². The number of rotatable bonds is 6. The monoisotopic (exact) mass is 188 g/mol. The third kappa shape index (κ3) is 4.85. The van der Waals surface area contributed by atoms with Crippen molar-refractivity contribution in [2.45, 2.75) is 19.9 Å². The second-order valence-corrected chi connectivity index (χ2v) is 3.02. The summed E-state index contributed by atoms with van der Waals surface area (Å²) in [6.07, 6.45) is 0. The summed E-state index contributed by atoms with van der Waals surface area (Å²) in [4.78, 5) is 13.2. The SMILES string of the molecule is CCN(C)C(=O)C(C)NCCOC. The molecule has 0 fully saturated rings. The molecule has 0 aromatic heterocycles. The van der Waals surface area contributed by atoms with E-state index in [0.29, 0.717) is 13.2 Å². The van der Waals surface area contributed by atoms with Gasteiger partial charge in [0.05, 0.1) is 12.6 Å². The molecule has 0 rings (SSSR count). The van der Waals surface area contributed by atoms with Crippen molar-refractivity contribution in [1.29, 1.82) is 0 Å². The topological polar surface area (TPSA) is 41.6 Å². The summed E-state index contributed by atoms with van der Waals surface area (Å²) in [5, 5.41) is 3.08. The van der Waals surface area contributed by atoms with Gasteiger partial charge in [0.2, 0.25) is 5.91 Å². The molecule has 1 atom stereocenters. The molecule has 0 spiro atoms. The summed E-state index contributed by atoms with van der Waals surface area (Å²) < 4.78 is 4.87. The summed E-state index contributed by atoms with van der Waals surface area (Å²) in [5.41, 5.74) is 0. The van der Waals surface area contributed by atoms with Gasteiger partial charge in [-0.15, -0.1) is 0 Å². The number of hydrogen-bond acceptors (Lipinski definition) is 3. The molecule has 4 nitrogen and oxygen atoms in total. The number of carbonyl (C=O) groups excluding carboxylic acids is 1. The summed E-state index contributed by atoms with van der Waals surface area (Å²) in [5.74, 6) is 0.124. The van der Waals surface area contributed by atoms with Gasteiger partial charge in [-0.1, -0.05) is 0 Å². The minimum Gasteiger partial charge on any atom is -0.383 e. The second-order valence-electron chi connectivity index (χ2n) is 3.02. The van der Waals surface area contributed by atoms with Gasteiger partial charge in [0.25, 0.3) is 0 Å². The molecule has 0 aromatic carbocycles. The molecule has 0 aliphatic rings. The molecule has 0 heterocycles. The van der Waals surface area contributed by atoms with Crippen LogP contribution in [0.5, 0.6) is 0 Å². The zero-order valence-electron chi connectivity index (χ0n) is 8.96. The van der Waals surface area contributed by atoms with E-state index in [1.165, 1.54) is 0 Å². The van der Waals surface area contributed by atoms with E-state index in [1.807, 2.05) is 13.8 Å². The average molecular weight is 188 g/mol. The average Bonchev–Trinajstić information content (AvgIpc) is 2.15. The summed E-state index contributed by atoms with van der Waals surface area (Å²) >= 11 is 0. The molecular formula is C9H20N2O2. The Balaban J connectivity index is 3.69. The Kier molecular flexibility index (Phi) is 6.54. The third-order valence-electron chi connectivity index (χ3n) is 1.98.